The maximum absolute atomic E-state index is 10.9. The molecule has 0 saturated heterocycles. The predicted molar refractivity (Wildman–Crippen MR) is 77.3 cm³/mol. The molecule has 1 fully saturated rings. The van der Waals surface area contributed by atoms with E-state index < -0.39 is 6.10 Å². The molecule has 1 N–H and O–H groups in total. The fourth-order valence-electron chi connectivity index (χ4n) is 3.49. The molecule has 2 aliphatic rings. The number of hydrogen-bond donors (Lipinski definition) is 1. The van der Waals surface area contributed by atoms with Crippen LogP contribution in [0.2, 0.25) is 0 Å². The average molecular weight is 277 g/mol. The first kappa shape index (κ1) is 13.7. The lowest BCUT2D eigenvalue weighted by Gasteiger charge is -2.41. The minimum absolute atomic E-state index is 0.149. The summed E-state index contributed by atoms with van der Waals surface area (Å²) in [5, 5.41) is 10.9. The van der Waals surface area contributed by atoms with Gasteiger partial charge in [0.2, 0.25) is 0 Å². The molecule has 0 radical (unpaired) electrons. The van der Waals surface area contributed by atoms with Crippen molar-refractivity contribution in [2.45, 2.75) is 37.3 Å². The van der Waals surface area contributed by atoms with Gasteiger partial charge in [-0.15, -0.1) is 0 Å². The van der Waals surface area contributed by atoms with E-state index in [-0.39, 0.29) is 5.54 Å². The van der Waals surface area contributed by atoms with Crippen molar-refractivity contribution in [3.05, 3.63) is 23.8 Å². The second-order valence-corrected chi connectivity index (χ2v) is 6.01. The van der Waals surface area contributed by atoms with Crippen LogP contribution in [-0.2, 0) is 0 Å². The van der Waals surface area contributed by atoms with Crippen LogP contribution in [0.3, 0.4) is 0 Å². The Labute approximate surface area is 120 Å². The number of nitrogens with zero attached hydrogens (tertiary/aromatic N) is 1. The van der Waals surface area contributed by atoms with Crippen molar-refractivity contribution in [3.8, 4) is 11.5 Å². The van der Waals surface area contributed by atoms with E-state index in [1.165, 1.54) is 12.8 Å². The van der Waals surface area contributed by atoms with Gasteiger partial charge in [-0.1, -0.05) is 18.9 Å². The molecule has 1 aliphatic carbocycles. The molecule has 110 valence electrons. The molecule has 1 aromatic rings. The summed E-state index contributed by atoms with van der Waals surface area (Å²) in [5.74, 6) is 1.53. The van der Waals surface area contributed by atoms with Gasteiger partial charge in [0.25, 0.3) is 0 Å². The summed E-state index contributed by atoms with van der Waals surface area (Å²) < 4.78 is 11.2. The zero-order valence-corrected chi connectivity index (χ0v) is 12.3. The van der Waals surface area contributed by atoms with E-state index in [9.17, 15) is 5.11 Å². The highest BCUT2D eigenvalue weighted by Gasteiger charge is 2.43. The second kappa shape index (κ2) is 5.26. The second-order valence-electron chi connectivity index (χ2n) is 6.01. The highest BCUT2D eigenvalue weighted by atomic mass is 16.6. The van der Waals surface area contributed by atoms with Crippen LogP contribution < -0.4 is 9.47 Å². The van der Waals surface area contributed by atoms with Crippen LogP contribution in [-0.4, -0.2) is 42.9 Å². The highest BCUT2D eigenvalue weighted by Crippen LogP contribution is 2.44. The van der Waals surface area contributed by atoms with Gasteiger partial charge < -0.3 is 19.5 Å². The van der Waals surface area contributed by atoms with Gasteiger partial charge in [0.05, 0.1) is 11.6 Å². The van der Waals surface area contributed by atoms with Crippen LogP contribution in [0, 0.1) is 0 Å². The van der Waals surface area contributed by atoms with E-state index in [0.29, 0.717) is 13.2 Å². The topological polar surface area (TPSA) is 41.9 Å². The Hall–Kier alpha value is -1.26. The van der Waals surface area contributed by atoms with Gasteiger partial charge in [-0.3, -0.25) is 0 Å². The summed E-state index contributed by atoms with van der Waals surface area (Å²) >= 11 is 0. The Balaban J connectivity index is 1.91. The molecule has 1 atom stereocenters. The van der Waals surface area contributed by atoms with Crippen molar-refractivity contribution < 1.29 is 14.6 Å². The minimum atomic E-state index is -0.490. The van der Waals surface area contributed by atoms with E-state index in [4.69, 9.17) is 9.47 Å². The monoisotopic (exact) mass is 277 g/mol. The molecule has 0 bridgehead atoms. The van der Waals surface area contributed by atoms with Crippen LogP contribution in [0.25, 0.3) is 0 Å². The molecule has 1 aliphatic heterocycles. The van der Waals surface area contributed by atoms with Crippen molar-refractivity contribution in [2.24, 2.45) is 0 Å². The highest BCUT2D eigenvalue weighted by molar-refractivity contribution is 5.45. The van der Waals surface area contributed by atoms with Crippen LogP contribution in [0.15, 0.2) is 18.2 Å². The number of likely N-dealkylation sites (N-methyl/N-ethyl adjacent to an activating group) is 1. The quantitative estimate of drug-likeness (QED) is 0.921. The third kappa shape index (κ3) is 2.17. The minimum Gasteiger partial charge on any atom is -0.486 e. The first-order valence-corrected chi connectivity index (χ1v) is 7.38. The van der Waals surface area contributed by atoms with E-state index >= 15 is 0 Å². The van der Waals surface area contributed by atoms with Crippen molar-refractivity contribution in [3.63, 3.8) is 0 Å². The standard InChI is InChI=1S/C16H23NO3/c1-17(2)16(7-3-4-8-16)15(18)12-5-6-13-14(11-12)20-10-9-19-13/h5-6,11,15,18H,3-4,7-10H2,1-2H3. The first-order chi connectivity index (χ1) is 9.63. The van der Waals surface area contributed by atoms with Crippen molar-refractivity contribution in [1.29, 1.82) is 0 Å². The van der Waals surface area contributed by atoms with Gasteiger partial charge in [0, 0.05) is 0 Å². The number of aliphatic hydroxyl groups excluding tert-OH is 1. The zero-order chi connectivity index (χ0) is 14.2. The number of rotatable bonds is 3. The maximum Gasteiger partial charge on any atom is 0.161 e. The van der Waals surface area contributed by atoms with Crippen LogP contribution in [0.5, 0.6) is 11.5 Å². The summed E-state index contributed by atoms with van der Waals surface area (Å²) in [6.07, 6.45) is 3.95. The van der Waals surface area contributed by atoms with Crippen molar-refractivity contribution in [2.75, 3.05) is 27.3 Å². The van der Waals surface area contributed by atoms with E-state index in [2.05, 4.69) is 19.0 Å². The zero-order valence-electron chi connectivity index (χ0n) is 12.3. The molecule has 0 amide bonds. The molecule has 3 rings (SSSR count). The van der Waals surface area contributed by atoms with E-state index in [1.54, 1.807) is 0 Å². The van der Waals surface area contributed by atoms with Crippen molar-refractivity contribution >= 4 is 0 Å². The molecule has 1 aromatic carbocycles. The summed E-state index contributed by atoms with van der Waals surface area (Å²) in [6, 6.07) is 5.80. The summed E-state index contributed by atoms with van der Waals surface area (Å²) in [7, 11) is 4.12. The summed E-state index contributed by atoms with van der Waals surface area (Å²) in [6.45, 7) is 1.17. The Morgan fingerprint density at radius 3 is 2.40 bits per heavy atom. The van der Waals surface area contributed by atoms with Gasteiger partial charge in [-0.25, -0.2) is 0 Å². The third-order valence-electron chi connectivity index (χ3n) is 4.75. The van der Waals surface area contributed by atoms with Gasteiger partial charge in [-0.2, -0.15) is 0 Å². The summed E-state index contributed by atoms with van der Waals surface area (Å²) in [5.41, 5.74) is 0.772. The number of ether oxygens (including phenoxy) is 2. The van der Waals surface area contributed by atoms with Crippen LogP contribution in [0.1, 0.15) is 37.4 Å². The SMILES string of the molecule is CN(C)C1(C(O)c2ccc3c(c2)OCCO3)CCCC1. The number of benzene rings is 1. The van der Waals surface area contributed by atoms with Gasteiger partial charge in [-0.05, 0) is 44.6 Å². The number of aliphatic hydroxyl groups is 1. The molecule has 4 nitrogen and oxygen atoms in total. The normalized spacial score (nSPS) is 22.0. The average Bonchev–Trinajstić information content (AvgIpc) is 2.97. The van der Waals surface area contributed by atoms with Crippen molar-refractivity contribution in [1.82, 2.24) is 4.90 Å². The molecular weight excluding hydrogens is 254 g/mol. The molecule has 0 aromatic heterocycles. The molecule has 20 heavy (non-hydrogen) atoms. The Morgan fingerprint density at radius 2 is 1.75 bits per heavy atom. The largest absolute Gasteiger partial charge is 0.486 e. The molecule has 4 heteroatoms. The summed E-state index contributed by atoms with van der Waals surface area (Å²) in [4.78, 5) is 2.18. The maximum atomic E-state index is 10.9. The van der Waals surface area contributed by atoms with Crippen LogP contribution >= 0.6 is 0 Å². The number of hydrogen-bond acceptors (Lipinski definition) is 4. The molecular formula is C16H23NO3. The Kier molecular flexibility index (Phi) is 3.61. The molecule has 0 spiro atoms. The lowest BCUT2D eigenvalue weighted by molar-refractivity contribution is -0.00499. The molecule has 1 saturated carbocycles. The van der Waals surface area contributed by atoms with Crippen LogP contribution in [0.4, 0.5) is 0 Å². The first-order valence-electron chi connectivity index (χ1n) is 7.38. The van der Waals surface area contributed by atoms with Gasteiger partial charge >= 0.3 is 0 Å². The predicted octanol–water partition coefficient (Wildman–Crippen LogP) is 2.37. The molecule has 1 heterocycles. The van der Waals surface area contributed by atoms with Gasteiger partial charge in [0.1, 0.15) is 13.2 Å². The van der Waals surface area contributed by atoms with E-state index in [0.717, 1.165) is 29.9 Å². The lowest BCUT2D eigenvalue weighted by Crippen LogP contribution is -2.47. The third-order valence-corrected chi connectivity index (χ3v) is 4.75. The molecule has 1 unspecified atom stereocenters. The fraction of sp³-hybridized carbons (Fsp3) is 0.625. The Bertz CT molecular complexity index is 481. The fourth-order valence-corrected chi connectivity index (χ4v) is 3.49. The smallest absolute Gasteiger partial charge is 0.161 e. The Morgan fingerprint density at radius 1 is 1.10 bits per heavy atom. The van der Waals surface area contributed by atoms with E-state index in [1.807, 2.05) is 18.2 Å². The van der Waals surface area contributed by atoms with Gasteiger partial charge in [0.15, 0.2) is 11.5 Å². The number of fused-ring (bicyclic) bond motifs is 1. The lowest BCUT2D eigenvalue weighted by atomic mass is 9.84.